The summed E-state index contributed by atoms with van der Waals surface area (Å²) in [5, 5.41) is 3.65. The lowest BCUT2D eigenvalue weighted by Gasteiger charge is -2.24. The first-order valence-corrected chi connectivity index (χ1v) is 6.85. The SMILES string of the molecule is CCC(C)C(C)NC(C)c1ccc(Br)cc1. The Balaban J connectivity index is 2.58. The van der Waals surface area contributed by atoms with Gasteiger partial charge in [0.1, 0.15) is 0 Å². The van der Waals surface area contributed by atoms with Gasteiger partial charge in [-0.3, -0.25) is 0 Å². The highest BCUT2D eigenvalue weighted by atomic mass is 79.9. The maximum atomic E-state index is 3.65. The van der Waals surface area contributed by atoms with Crippen molar-refractivity contribution in [3.8, 4) is 0 Å². The molecule has 1 nitrogen and oxygen atoms in total. The number of hydrogen-bond acceptors (Lipinski definition) is 1. The van der Waals surface area contributed by atoms with Crippen LogP contribution in [-0.4, -0.2) is 6.04 Å². The molecule has 1 aromatic rings. The summed E-state index contributed by atoms with van der Waals surface area (Å²) < 4.78 is 1.14. The molecule has 1 rings (SSSR count). The van der Waals surface area contributed by atoms with Crippen molar-refractivity contribution in [2.45, 2.75) is 46.2 Å². The zero-order chi connectivity index (χ0) is 12.1. The van der Waals surface area contributed by atoms with Gasteiger partial charge in [-0.25, -0.2) is 0 Å². The van der Waals surface area contributed by atoms with Crippen molar-refractivity contribution in [1.29, 1.82) is 0 Å². The molecular formula is C14H22BrN. The third kappa shape index (κ3) is 3.91. The molecule has 2 heteroatoms. The molecule has 0 amide bonds. The van der Waals surface area contributed by atoms with Crippen LogP contribution >= 0.6 is 15.9 Å². The molecule has 16 heavy (non-hydrogen) atoms. The van der Waals surface area contributed by atoms with Crippen LogP contribution in [0.3, 0.4) is 0 Å². The van der Waals surface area contributed by atoms with Crippen molar-refractivity contribution < 1.29 is 0 Å². The van der Waals surface area contributed by atoms with Crippen LogP contribution < -0.4 is 5.32 Å². The van der Waals surface area contributed by atoms with Crippen molar-refractivity contribution in [2.75, 3.05) is 0 Å². The topological polar surface area (TPSA) is 12.0 Å². The largest absolute Gasteiger partial charge is 0.307 e. The Bertz CT molecular complexity index is 307. The second-order valence-corrected chi connectivity index (χ2v) is 5.53. The summed E-state index contributed by atoms with van der Waals surface area (Å²) >= 11 is 3.46. The zero-order valence-corrected chi connectivity index (χ0v) is 12.2. The number of halogens is 1. The van der Waals surface area contributed by atoms with E-state index >= 15 is 0 Å². The Morgan fingerprint density at radius 2 is 1.69 bits per heavy atom. The van der Waals surface area contributed by atoms with Gasteiger partial charge in [-0.05, 0) is 37.5 Å². The molecule has 0 radical (unpaired) electrons. The molecule has 0 spiro atoms. The molecule has 0 heterocycles. The average Bonchev–Trinajstić information content (AvgIpc) is 2.28. The van der Waals surface area contributed by atoms with Crippen LogP contribution in [0.2, 0.25) is 0 Å². The van der Waals surface area contributed by atoms with Crippen molar-refractivity contribution in [2.24, 2.45) is 5.92 Å². The highest BCUT2D eigenvalue weighted by Gasteiger charge is 2.13. The maximum absolute atomic E-state index is 3.65. The molecule has 90 valence electrons. The van der Waals surface area contributed by atoms with E-state index in [-0.39, 0.29) is 0 Å². The molecule has 1 N–H and O–H groups in total. The van der Waals surface area contributed by atoms with Gasteiger partial charge in [0.2, 0.25) is 0 Å². The molecule has 0 fully saturated rings. The van der Waals surface area contributed by atoms with Gasteiger partial charge >= 0.3 is 0 Å². The van der Waals surface area contributed by atoms with Crippen LogP contribution in [-0.2, 0) is 0 Å². The first-order chi connectivity index (χ1) is 7.54. The lowest BCUT2D eigenvalue weighted by Crippen LogP contribution is -2.33. The van der Waals surface area contributed by atoms with E-state index in [1.807, 2.05) is 0 Å². The average molecular weight is 284 g/mol. The standard InChI is InChI=1S/C14H22BrN/c1-5-10(2)11(3)16-12(4)13-6-8-14(15)9-7-13/h6-12,16H,5H2,1-4H3. The zero-order valence-electron chi connectivity index (χ0n) is 10.6. The third-order valence-electron chi connectivity index (χ3n) is 3.38. The van der Waals surface area contributed by atoms with Crippen LogP contribution in [0.1, 0.15) is 45.7 Å². The van der Waals surface area contributed by atoms with E-state index < -0.39 is 0 Å². The van der Waals surface area contributed by atoms with Gasteiger partial charge in [0.25, 0.3) is 0 Å². The summed E-state index contributed by atoms with van der Waals surface area (Å²) in [6.45, 7) is 9.03. The van der Waals surface area contributed by atoms with Crippen molar-refractivity contribution in [3.63, 3.8) is 0 Å². The predicted octanol–water partition coefficient (Wildman–Crippen LogP) is 4.53. The molecule has 0 bridgehead atoms. The van der Waals surface area contributed by atoms with Crippen molar-refractivity contribution in [3.05, 3.63) is 34.3 Å². The smallest absolute Gasteiger partial charge is 0.0294 e. The van der Waals surface area contributed by atoms with E-state index in [2.05, 4.69) is 73.2 Å². The Morgan fingerprint density at radius 1 is 1.12 bits per heavy atom. The van der Waals surface area contributed by atoms with Crippen LogP contribution in [0.5, 0.6) is 0 Å². The lowest BCUT2D eigenvalue weighted by molar-refractivity contribution is 0.360. The van der Waals surface area contributed by atoms with Crippen molar-refractivity contribution >= 4 is 15.9 Å². The first kappa shape index (κ1) is 13.7. The molecule has 3 atom stereocenters. The fourth-order valence-corrected chi connectivity index (χ4v) is 2.02. The Morgan fingerprint density at radius 3 is 2.19 bits per heavy atom. The number of benzene rings is 1. The maximum Gasteiger partial charge on any atom is 0.0294 e. The molecule has 0 aliphatic rings. The monoisotopic (exact) mass is 283 g/mol. The van der Waals surface area contributed by atoms with E-state index in [9.17, 15) is 0 Å². The van der Waals surface area contributed by atoms with Crippen LogP contribution in [0.15, 0.2) is 28.7 Å². The van der Waals surface area contributed by atoms with Crippen LogP contribution in [0.4, 0.5) is 0 Å². The van der Waals surface area contributed by atoms with Crippen LogP contribution in [0.25, 0.3) is 0 Å². The molecular weight excluding hydrogens is 262 g/mol. The molecule has 3 unspecified atom stereocenters. The highest BCUT2D eigenvalue weighted by molar-refractivity contribution is 9.10. The predicted molar refractivity (Wildman–Crippen MR) is 74.6 cm³/mol. The summed E-state index contributed by atoms with van der Waals surface area (Å²) in [4.78, 5) is 0. The van der Waals surface area contributed by atoms with E-state index in [4.69, 9.17) is 0 Å². The van der Waals surface area contributed by atoms with Gasteiger partial charge in [-0.2, -0.15) is 0 Å². The number of nitrogens with one attached hydrogen (secondary N) is 1. The minimum absolute atomic E-state index is 0.414. The molecule has 0 aliphatic carbocycles. The van der Waals surface area contributed by atoms with E-state index in [1.165, 1.54) is 12.0 Å². The lowest BCUT2D eigenvalue weighted by atomic mass is 9.99. The van der Waals surface area contributed by atoms with Gasteiger partial charge in [-0.15, -0.1) is 0 Å². The molecule has 1 aromatic carbocycles. The summed E-state index contributed by atoms with van der Waals surface area (Å²) in [5.74, 6) is 0.720. The highest BCUT2D eigenvalue weighted by Crippen LogP contribution is 2.18. The molecule has 0 aliphatic heterocycles. The minimum atomic E-state index is 0.414. The second-order valence-electron chi connectivity index (χ2n) is 4.61. The molecule has 0 saturated heterocycles. The number of rotatable bonds is 5. The summed E-state index contributed by atoms with van der Waals surface area (Å²) in [6.07, 6.45) is 1.22. The van der Waals surface area contributed by atoms with Gasteiger partial charge in [-0.1, -0.05) is 48.3 Å². The third-order valence-corrected chi connectivity index (χ3v) is 3.91. The van der Waals surface area contributed by atoms with E-state index in [0.717, 1.165) is 10.4 Å². The molecule has 0 aromatic heterocycles. The normalized spacial score (nSPS) is 16.8. The Kier molecular flexibility index (Phi) is 5.50. The fourth-order valence-electron chi connectivity index (χ4n) is 1.76. The quantitative estimate of drug-likeness (QED) is 0.837. The molecule has 0 saturated carbocycles. The van der Waals surface area contributed by atoms with E-state index in [0.29, 0.717) is 12.1 Å². The van der Waals surface area contributed by atoms with Gasteiger partial charge < -0.3 is 5.32 Å². The second kappa shape index (κ2) is 6.41. The Labute approximate surface area is 108 Å². The summed E-state index contributed by atoms with van der Waals surface area (Å²) in [6, 6.07) is 9.51. The van der Waals surface area contributed by atoms with Gasteiger partial charge in [0, 0.05) is 16.6 Å². The van der Waals surface area contributed by atoms with E-state index in [1.54, 1.807) is 0 Å². The number of hydrogen-bond donors (Lipinski definition) is 1. The minimum Gasteiger partial charge on any atom is -0.307 e. The Hall–Kier alpha value is -0.340. The summed E-state index contributed by atoms with van der Waals surface area (Å²) in [5.41, 5.74) is 1.35. The van der Waals surface area contributed by atoms with Gasteiger partial charge in [0.15, 0.2) is 0 Å². The van der Waals surface area contributed by atoms with Crippen LogP contribution in [0, 0.1) is 5.92 Å². The van der Waals surface area contributed by atoms with Gasteiger partial charge in [0.05, 0.1) is 0 Å². The summed E-state index contributed by atoms with van der Waals surface area (Å²) in [7, 11) is 0. The van der Waals surface area contributed by atoms with Crippen molar-refractivity contribution in [1.82, 2.24) is 5.32 Å². The fraction of sp³-hybridized carbons (Fsp3) is 0.571. The first-order valence-electron chi connectivity index (χ1n) is 6.06.